The first-order chi connectivity index (χ1) is 11.6. The van der Waals surface area contributed by atoms with Gasteiger partial charge in [-0.3, -0.25) is 9.59 Å². The Morgan fingerprint density at radius 3 is 2.50 bits per heavy atom. The number of amides is 2. The van der Waals surface area contributed by atoms with Crippen molar-refractivity contribution in [1.82, 2.24) is 0 Å². The number of para-hydroxylation sites is 1. The first-order valence-electron chi connectivity index (χ1n) is 7.47. The van der Waals surface area contributed by atoms with Gasteiger partial charge in [0, 0.05) is 4.47 Å². The Morgan fingerprint density at radius 1 is 1.04 bits per heavy atom. The molecule has 1 fully saturated rings. The summed E-state index contributed by atoms with van der Waals surface area (Å²) >= 11 is 3.44. The van der Waals surface area contributed by atoms with Gasteiger partial charge in [-0.15, -0.1) is 0 Å². The highest BCUT2D eigenvalue weighted by Crippen LogP contribution is 2.37. The van der Waals surface area contributed by atoms with Gasteiger partial charge in [0.1, 0.15) is 0 Å². The highest BCUT2D eigenvalue weighted by atomic mass is 79.9. The summed E-state index contributed by atoms with van der Waals surface area (Å²) in [7, 11) is 0. The lowest BCUT2D eigenvalue weighted by Gasteiger charge is -2.21. The summed E-state index contributed by atoms with van der Waals surface area (Å²) < 4.78 is 0.701. The molecule has 0 bridgehead atoms. The van der Waals surface area contributed by atoms with Crippen molar-refractivity contribution in [2.75, 3.05) is 9.91 Å². The molecule has 2 heterocycles. The van der Waals surface area contributed by atoms with Crippen LogP contribution in [0.25, 0.3) is 0 Å². The van der Waals surface area contributed by atoms with Crippen molar-refractivity contribution in [3.05, 3.63) is 58.6 Å². The van der Waals surface area contributed by atoms with Gasteiger partial charge in [-0.25, -0.2) is 9.91 Å². The van der Waals surface area contributed by atoms with Gasteiger partial charge in [-0.05, 0) is 52.7 Å². The van der Waals surface area contributed by atoms with Crippen molar-refractivity contribution in [2.45, 2.75) is 19.0 Å². The van der Waals surface area contributed by atoms with E-state index in [-0.39, 0.29) is 11.8 Å². The van der Waals surface area contributed by atoms with E-state index in [1.165, 1.54) is 9.91 Å². The highest BCUT2D eigenvalue weighted by Gasteiger charge is 2.55. The van der Waals surface area contributed by atoms with Crippen molar-refractivity contribution in [1.29, 1.82) is 0 Å². The van der Waals surface area contributed by atoms with Crippen LogP contribution in [0.4, 0.5) is 11.4 Å². The first kappa shape index (κ1) is 15.0. The summed E-state index contributed by atoms with van der Waals surface area (Å²) in [6.07, 6.45) is 0. The molecule has 7 heteroatoms. The van der Waals surface area contributed by atoms with Gasteiger partial charge >= 0.3 is 0 Å². The molecule has 1 saturated heterocycles. The number of benzene rings is 2. The van der Waals surface area contributed by atoms with Crippen molar-refractivity contribution >= 4 is 39.1 Å². The Hall–Kier alpha value is -2.54. The summed E-state index contributed by atoms with van der Waals surface area (Å²) in [5.41, 5.74) is 2.31. The normalized spacial score (nSPS) is 22.4. The third-order valence-corrected chi connectivity index (χ3v) is 4.78. The van der Waals surface area contributed by atoms with Crippen LogP contribution in [0.1, 0.15) is 5.56 Å². The van der Waals surface area contributed by atoms with Gasteiger partial charge in [0.15, 0.2) is 12.1 Å². The van der Waals surface area contributed by atoms with Crippen molar-refractivity contribution in [3.8, 4) is 0 Å². The number of halogens is 1. The van der Waals surface area contributed by atoms with Crippen molar-refractivity contribution in [2.24, 2.45) is 10.3 Å². The third-order valence-electron chi connectivity index (χ3n) is 4.15. The van der Waals surface area contributed by atoms with E-state index in [0.29, 0.717) is 10.2 Å². The number of rotatable bonds is 2. The van der Waals surface area contributed by atoms with E-state index in [1.807, 2.05) is 49.4 Å². The van der Waals surface area contributed by atoms with Crippen LogP contribution in [0.5, 0.6) is 0 Å². The Balaban J connectivity index is 1.73. The maximum Gasteiger partial charge on any atom is 0.263 e. The molecule has 24 heavy (non-hydrogen) atoms. The van der Waals surface area contributed by atoms with Crippen LogP contribution in [-0.2, 0) is 9.59 Å². The molecule has 2 atom stereocenters. The number of hydrogen-bond acceptors (Lipinski definition) is 5. The zero-order chi connectivity index (χ0) is 16.8. The monoisotopic (exact) mass is 384 g/mol. The zero-order valence-corrected chi connectivity index (χ0v) is 14.3. The van der Waals surface area contributed by atoms with E-state index in [2.05, 4.69) is 26.3 Å². The molecule has 0 N–H and O–H groups in total. The molecule has 120 valence electrons. The highest BCUT2D eigenvalue weighted by molar-refractivity contribution is 9.10. The summed E-state index contributed by atoms with van der Waals surface area (Å²) in [6, 6.07) is 13.2. The van der Waals surface area contributed by atoms with E-state index >= 15 is 0 Å². The van der Waals surface area contributed by atoms with Crippen LogP contribution in [-0.4, -0.2) is 23.9 Å². The number of hydrogen-bond donors (Lipinski definition) is 0. The summed E-state index contributed by atoms with van der Waals surface area (Å²) in [6.45, 7) is 1.95. The van der Waals surface area contributed by atoms with E-state index in [0.717, 1.165) is 11.3 Å². The lowest BCUT2D eigenvalue weighted by atomic mass is 10.1. The van der Waals surface area contributed by atoms with Crippen LogP contribution in [0, 0.1) is 6.92 Å². The van der Waals surface area contributed by atoms with Crippen LogP contribution in [0.2, 0.25) is 0 Å². The van der Waals surface area contributed by atoms with Crippen LogP contribution < -0.4 is 9.91 Å². The fourth-order valence-corrected chi connectivity index (χ4v) is 3.66. The fraction of sp³-hybridized carbons (Fsp3) is 0.176. The number of nitrogens with zero attached hydrogens (tertiary/aromatic N) is 4. The molecule has 2 aliphatic rings. The predicted octanol–water partition coefficient (Wildman–Crippen LogP) is 3.26. The van der Waals surface area contributed by atoms with E-state index < -0.39 is 12.1 Å². The van der Waals surface area contributed by atoms with Gasteiger partial charge in [-0.2, -0.15) is 5.11 Å². The lowest BCUT2D eigenvalue weighted by Crippen LogP contribution is -2.40. The number of aryl methyl sites for hydroxylation is 1. The van der Waals surface area contributed by atoms with Crippen LogP contribution in [0.3, 0.4) is 0 Å². The minimum absolute atomic E-state index is 0.316. The van der Waals surface area contributed by atoms with Crippen LogP contribution >= 0.6 is 15.9 Å². The van der Waals surface area contributed by atoms with Gasteiger partial charge in [0.2, 0.25) is 0 Å². The molecule has 2 aliphatic heterocycles. The zero-order valence-electron chi connectivity index (χ0n) is 12.8. The Morgan fingerprint density at radius 2 is 1.79 bits per heavy atom. The quantitative estimate of drug-likeness (QED) is 0.746. The molecular formula is C17H13BrN4O2. The lowest BCUT2D eigenvalue weighted by molar-refractivity contribution is -0.121. The minimum Gasteiger partial charge on any atom is -0.271 e. The third kappa shape index (κ3) is 2.16. The maximum absolute atomic E-state index is 12.9. The second-order valence-corrected chi connectivity index (χ2v) is 6.60. The number of fused-ring (bicyclic) bond motifs is 1. The molecule has 2 aromatic rings. The van der Waals surface area contributed by atoms with E-state index in [4.69, 9.17) is 0 Å². The average molecular weight is 385 g/mol. The van der Waals surface area contributed by atoms with E-state index in [9.17, 15) is 9.59 Å². The molecule has 6 nitrogen and oxygen atoms in total. The van der Waals surface area contributed by atoms with Crippen molar-refractivity contribution < 1.29 is 9.59 Å². The molecule has 4 rings (SSSR count). The van der Waals surface area contributed by atoms with E-state index in [1.54, 1.807) is 6.07 Å². The molecule has 0 aliphatic carbocycles. The second-order valence-electron chi connectivity index (χ2n) is 5.74. The van der Waals surface area contributed by atoms with Gasteiger partial charge in [0.25, 0.3) is 11.8 Å². The Labute approximate surface area is 146 Å². The number of carbonyl (C=O) groups is 2. The standard InChI is InChI=1S/C17H13BrN4O2/c1-10-7-8-13(12(18)9-10)21-16(23)14-15(17(21)24)22(20-19-14)11-5-3-2-4-6-11/h2-9,14-15H,1H3/t14-,15+/m1/s1. The van der Waals surface area contributed by atoms with Gasteiger partial charge < -0.3 is 0 Å². The van der Waals surface area contributed by atoms with Gasteiger partial charge in [-0.1, -0.05) is 29.5 Å². The molecule has 0 radical (unpaired) electrons. The minimum atomic E-state index is -0.800. The Bertz CT molecular complexity index is 868. The Kier molecular flexibility index (Phi) is 3.45. The van der Waals surface area contributed by atoms with Crippen LogP contribution in [0.15, 0.2) is 63.3 Å². The van der Waals surface area contributed by atoms with Crippen molar-refractivity contribution in [3.63, 3.8) is 0 Å². The molecule has 0 aromatic heterocycles. The molecular weight excluding hydrogens is 372 g/mol. The average Bonchev–Trinajstić information content (AvgIpc) is 3.11. The largest absolute Gasteiger partial charge is 0.271 e. The van der Waals surface area contributed by atoms with Gasteiger partial charge in [0.05, 0.1) is 11.4 Å². The maximum atomic E-state index is 12.9. The molecule has 0 unspecified atom stereocenters. The predicted molar refractivity (Wildman–Crippen MR) is 92.7 cm³/mol. The summed E-state index contributed by atoms with van der Waals surface area (Å²) in [5, 5.41) is 9.59. The summed E-state index contributed by atoms with van der Waals surface area (Å²) in [5.74, 6) is -0.667. The number of imide groups is 1. The smallest absolute Gasteiger partial charge is 0.263 e. The second kappa shape index (κ2) is 5.52. The topological polar surface area (TPSA) is 65.3 Å². The summed E-state index contributed by atoms with van der Waals surface area (Å²) in [4.78, 5) is 26.9. The fourth-order valence-electron chi connectivity index (χ4n) is 2.98. The molecule has 2 amide bonds. The SMILES string of the molecule is Cc1ccc(N2C(=O)[C@@H]3[C@@H](N=NN3c3ccccc3)C2=O)c(Br)c1. The molecule has 0 spiro atoms. The number of anilines is 2. The first-order valence-corrected chi connectivity index (χ1v) is 8.26. The number of carbonyl (C=O) groups excluding carboxylic acids is 2. The molecule has 0 saturated carbocycles. The molecule has 2 aromatic carbocycles.